The molecule has 0 atom stereocenters. The molecule has 0 aliphatic heterocycles. The Kier molecular flexibility index (Phi) is 3.61. The highest BCUT2D eigenvalue weighted by atomic mass is 32.1. The lowest BCUT2D eigenvalue weighted by atomic mass is 10.2. The van der Waals surface area contributed by atoms with Crippen LogP contribution in [-0.4, -0.2) is 4.98 Å². The van der Waals surface area contributed by atoms with Gasteiger partial charge in [0.2, 0.25) is 0 Å². The van der Waals surface area contributed by atoms with Crippen LogP contribution in [0.1, 0.15) is 24.4 Å². The van der Waals surface area contributed by atoms with Crippen molar-refractivity contribution in [2.45, 2.75) is 20.8 Å². The van der Waals surface area contributed by atoms with Crippen LogP contribution in [-0.2, 0) is 0 Å². The molecular weight excluding hydrogens is 192 g/mol. The molecule has 0 N–H and O–H groups in total. The summed E-state index contributed by atoms with van der Waals surface area (Å²) in [5.74, 6) is 0. The van der Waals surface area contributed by atoms with Gasteiger partial charge in [-0.05, 0) is 25.1 Å². The van der Waals surface area contributed by atoms with E-state index in [1.165, 1.54) is 0 Å². The van der Waals surface area contributed by atoms with E-state index in [0.29, 0.717) is 5.56 Å². The summed E-state index contributed by atoms with van der Waals surface area (Å²) in [5, 5.41) is 9.68. The van der Waals surface area contributed by atoms with Gasteiger partial charge in [0.1, 0.15) is 0 Å². The quantitative estimate of drug-likeness (QED) is 0.658. The van der Waals surface area contributed by atoms with E-state index in [2.05, 4.69) is 11.1 Å². The summed E-state index contributed by atoms with van der Waals surface area (Å²) in [7, 11) is 0. The van der Waals surface area contributed by atoms with Crippen LogP contribution in [0.2, 0.25) is 0 Å². The first-order chi connectivity index (χ1) is 6.79. The normalized spacial score (nSPS) is 9.00. The Morgan fingerprint density at radius 2 is 2.07 bits per heavy atom. The Morgan fingerprint density at radius 3 is 2.71 bits per heavy atom. The number of benzene rings is 1. The maximum Gasteiger partial charge on any atom is 0.0992 e. The van der Waals surface area contributed by atoms with Crippen molar-refractivity contribution in [3.8, 4) is 6.07 Å². The average Bonchev–Trinajstić information content (AvgIpc) is 2.59. The summed E-state index contributed by atoms with van der Waals surface area (Å²) in [6, 6.07) is 7.66. The van der Waals surface area contributed by atoms with Crippen LogP contribution in [0.3, 0.4) is 0 Å². The van der Waals surface area contributed by atoms with Crippen LogP contribution in [0, 0.1) is 18.3 Å². The maximum absolute atomic E-state index is 8.64. The first-order valence-corrected chi connectivity index (χ1v) is 5.38. The summed E-state index contributed by atoms with van der Waals surface area (Å²) in [6.45, 7) is 5.97. The zero-order chi connectivity index (χ0) is 10.6. The van der Waals surface area contributed by atoms with E-state index >= 15 is 0 Å². The van der Waals surface area contributed by atoms with Crippen molar-refractivity contribution < 1.29 is 0 Å². The summed E-state index contributed by atoms with van der Waals surface area (Å²) in [6.07, 6.45) is 0. The van der Waals surface area contributed by atoms with E-state index in [1.54, 1.807) is 17.4 Å². The number of rotatable bonds is 0. The number of hydrogen-bond donors (Lipinski definition) is 0. The minimum Gasteiger partial charge on any atom is -0.242 e. The maximum atomic E-state index is 8.64. The van der Waals surface area contributed by atoms with E-state index < -0.39 is 0 Å². The first kappa shape index (κ1) is 10.7. The van der Waals surface area contributed by atoms with Gasteiger partial charge in [0.25, 0.3) is 0 Å². The second-order valence-corrected chi connectivity index (χ2v) is 3.76. The fourth-order valence-corrected chi connectivity index (χ4v) is 1.98. The summed E-state index contributed by atoms with van der Waals surface area (Å²) in [4.78, 5) is 4.30. The minimum absolute atomic E-state index is 0.700. The average molecular weight is 204 g/mol. The number of nitrogens with zero attached hydrogens (tertiary/aromatic N) is 2. The molecule has 0 bridgehead atoms. The molecule has 0 saturated carbocycles. The van der Waals surface area contributed by atoms with Crippen LogP contribution in [0.5, 0.6) is 0 Å². The number of aromatic nitrogens is 1. The molecule has 2 nitrogen and oxygen atoms in total. The van der Waals surface area contributed by atoms with Gasteiger partial charge >= 0.3 is 0 Å². The lowest BCUT2D eigenvalue weighted by molar-refractivity contribution is 1.35. The van der Waals surface area contributed by atoms with Gasteiger partial charge in [-0.2, -0.15) is 5.26 Å². The first-order valence-electron chi connectivity index (χ1n) is 4.57. The van der Waals surface area contributed by atoms with Crippen LogP contribution < -0.4 is 0 Å². The Labute approximate surface area is 87.8 Å². The molecule has 0 aliphatic rings. The van der Waals surface area contributed by atoms with E-state index in [-0.39, 0.29) is 0 Å². The predicted molar refractivity (Wildman–Crippen MR) is 60.4 cm³/mol. The van der Waals surface area contributed by atoms with Crippen molar-refractivity contribution in [3.63, 3.8) is 0 Å². The summed E-state index contributed by atoms with van der Waals surface area (Å²) >= 11 is 1.62. The molecule has 0 spiro atoms. The molecular formula is C11H12N2S. The monoisotopic (exact) mass is 204 g/mol. The van der Waals surface area contributed by atoms with E-state index in [0.717, 1.165) is 15.2 Å². The number of fused-ring (bicyclic) bond motifs is 1. The lowest BCUT2D eigenvalue weighted by Crippen LogP contribution is -1.72. The smallest absolute Gasteiger partial charge is 0.0992 e. The fourth-order valence-electron chi connectivity index (χ4n) is 1.11. The molecule has 72 valence electrons. The van der Waals surface area contributed by atoms with Gasteiger partial charge in [0.15, 0.2) is 0 Å². The van der Waals surface area contributed by atoms with Gasteiger partial charge in [0.05, 0.1) is 26.9 Å². The Bertz CT molecular complexity index is 466. The SMILES string of the molecule is CC.Cc1nc2ccc(C#N)cc2s1. The molecule has 0 aliphatic carbocycles. The minimum atomic E-state index is 0.700. The Morgan fingerprint density at radius 1 is 1.36 bits per heavy atom. The summed E-state index contributed by atoms with van der Waals surface area (Å²) in [5.41, 5.74) is 1.68. The molecule has 0 unspecified atom stereocenters. The highest BCUT2D eigenvalue weighted by Crippen LogP contribution is 2.21. The molecule has 0 saturated heterocycles. The van der Waals surface area contributed by atoms with Crippen molar-refractivity contribution in [2.75, 3.05) is 0 Å². The fraction of sp³-hybridized carbons (Fsp3) is 0.273. The van der Waals surface area contributed by atoms with Crippen molar-refractivity contribution in [1.82, 2.24) is 4.98 Å². The van der Waals surface area contributed by atoms with Crippen molar-refractivity contribution in [3.05, 3.63) is 28.8 Å². The van der Waals surface area contributed by atoms with Gasteiger partial charge in [0, 0.05) is 0 Å². The molecule has 14 heavy (non-hydrogen) atoms. The molecule has 1 aromatic carbocycles. The zero-order valence-electron chi connectivity index (χ0n) is 8.53. The predicted octanol–water partition coefficient (Wildman–Crippen LogP) is 3.50. The van der Waals surface area contributed by atoms with E-state index in [9.17, 15) is 0 Å². The van der Waals surface area contributed by atoms with Crippen molar-refractivity contribution >= 4 is 21.6 Å². The largest absolute Gasteiger partial charge is 0.242 e. The molecule has 3 heteroatoms. The zero-order valence-corrected chi connectivity index (χ0v) is 9.35. The third-order valence-corrected chi connectivity index (χ3v) is 2.56. The molecule has 1 aromatic heterocycles. The molecule has 0 amide bonds. The van der Waals surface area contributed by atoms with Gasteiger partial charge in [-0.3, -0.25) is 0 Å². The molecule has 2 aromatic rings. The molecule has 2 rings (SSSR count). The number of hydrogen-bond acceptors (Lipinski definition) is 3. The Hall–Kier alpha value is -1.40. The summed E-state index contributed by atoms with van der Waals surface area (Å²) < 4.78 is 1.09. The number of nitriles is 1. The van der Waals surface area contributed by atoms with E-state index in [4.69, 9.17) is 5.26 Å². The third-order valence-electron chi connectivity index (χ3n) is 1.62. The van der Waals surface area contributed by atoms with Gasteiger partial charge < -0.3 is 0 Å². The van der Waals surface area contributed by atoms with Crippen LogP contribution in [0.4, 0.5) is 0 Å². The van der Waals surface area contributed by atoms with Crippen LogP contribution in [0.15, 0.2) is 18.2 Å². The van der Waals surface area contributed by atoms with Crippen LogP contribution >= 0.6 is 11.3 Å². The molecule has 1 heterocycles. The molecule has 0 fully saturated rings. The molecule has 0 radical (unpaired) electrons. The second-order valence-electron chi connectivity index (χ2n) is 2.53. The number of thiazole rings is 1. The number of aryl methyl sites for hydroxylation is 1. The highest BCUT2D eigenvalue weighted by Gasteiger charge is 1.99. The van der Waals surface area contributed by atoms with E-state index in [1.807, 2.05) is 32.9 Å². The van der Waals surface area contributed by atoms with Crippen molar-refractivity contribution in [1.29, 1.82) is 5.26 Å². The van der Waals surface area contributed by atoms with Gasteiger partial charge in [-0.1, -0.05) is 13.8 Å². The second kappa shape index (κ2) is 4.73. The topological polar surface area (TPSA) is 36.7 Å². The standard InChI is InChI=1S/C9H6N2S.C2H6/c1-6-11-8-3-2-7(5-10)4-9(8)12-6;1-2/h2-4H,1H3;1-2H3. The Balaban J connectivity index is 0.000000461. The third kappa shape index (κ3) is 2.09. The van der Waals surface area contributed by atoms with Gasteiger partial charge in [-0.15, -0.1) is 11.3 Å². The lowest BCUT2D eigenvalue weighted by Gasteiger charge is -1.86. The van der Waals surface area contributed by atoms with Crippen molar-refractivity contribution in [2.24, 2.45) is 0 Å². The van der Waals surface area contributed by atoms with Crippen LogP contribution in [0.25, 0.3) is 10.2 Å². The van der Waals surface area contributed by atoms with Gasteiger partial charge in [-0.25, -0.2) is 4.98 Å². The highest BCUT2D eigenvalue weighted by molar-refractivity contribution is 7.18.